The third-order valence-corrected chi connectivity index (χ3v) is 2.77. The molecule has 0 aliphatic heterocycles. The lowest BCUT2D eigenvalue weighted by Crippen LogP contribution is -2.08. The first-order valence-electron chi connectivity index (χ1n) is 5.63. The maximum atomic E-state index is 13.3. The Labute approximate surface area is 100 Å². The smallest absolute Gasteiger partial charge is 0.128 e. The van der Waals surface area contributed by atoms with Crippen molar-refractivity contribution in [2.75, 3.05) is 11.9 Å². The summed E-state index contributed by atoms with van der Waals surface area (Å²) < 4.78 is 15.3. The van der Waals surface area contributed by atoms with Crippen LogP contribution in [0.3, 0.4) is 0 Å². The van der Waals surface area contributed by atoms with Crippen LogP contribution in [0.25, 0.3) is 0 Å². The van der Waals surface area contributed by atoms with E-state index in [-0.39, 0.29) is 5.82 Å². The molecular formula is C13H16FN3. The summed E-state index contributed by atoms with van der Waals surface area (Å²) in [5.74, 6) is 0.845. The molecule has 0 saturated carbocycles. The van der Waals surface area contributed by atoms with Crippen molar-refractivity contribution in [2.45, 2.75) is 13.3 Å². The third-order valence-electron chi connectivity index (χ3n) is 2.77. The van der Waals surface area contributed by atoms with Gasteiger partial charge in [0.05, 0.1) is 0 Å². The lowest BCUT2D eigenvalue weighted by molar-refractivity contribution is 0.619. The van der Waals surface area contributed by atoms with Gasteiger partial charge in [-0.15, -0.1) is 0 Å². The molecule has 0 saturated heterocycles. The topological polar surface area (TPSA) is 29.9 Å². The summed E-state index contributed by atoms with van der Waals surface area (Å²) in [6, 6.07) is 5.18. The third kappa shape index (κ3) is 2.84. The average molecular weight is 233 g/mol. The minimum absolute atomic E-state index is 0.174. The minimum atomic E-state index is -0.174. The molecule has 2 aromatic rings. The Hall–Kier alpha value is -1.84. The van der Waals surface area contributed by atoms with Gasteiger partial charge < -0.3 is 9.88 Å². The van der Waals surface area contributed by atoms with E-state index < -0.39 is 0 Å². The zero-order valence-corrected chi connectivity index (χ0v) is 10.1. The first-order valence-corrected chi connectivity index (χ1v) is 5.63. The predicted octanol–water partition coefficient (Wildman–Crippen LogP) is 2.52. The Morgan fingerprint density at radius 2 is 2.24 bits per heavy atom. The molecule has 0 radical (unpaired) electrons. The van der Waals surface area contributed by atoms with Crippen molar-refractivity contribution in [2.24, 2.45) is 7.05 Å². The summed E-state index contributed by atoms with van der Waals surface area (Å²) in [7, 11) is 1.97. The summed E-state index contributed by atoms with van der Waals surface area (Å²) in [4.78, 5) is 4.23. The molecule has 90 valence electrons. The van der Waals surface area contributed by atoms with Crippen molar-refractivity contribution in [1.29, 1.82) is 0 Å². The lowest BCUT2D eigenvalue weighted by atomic mass is 10.2. The van der Waals surface area contributed by atoms with Gasteiger partial charge in [-0.3, -0.25) is 0 Å². The van der Waals surface area contributed by atoms with Gasteiger partial charge in [-0.05, 0) is 24.6 Å². The summed E-state index contributed by atoms with van der Waals surface area (Å²) >= 11 is 0. The number of nitrogens with one attached hydrogen (secondary N) is 1. The standard InChI is InChI=1S/C13H16FN3/c1-10-3-4-11(9-12(10)14)15-6-5-13-16-7-8-17(13)2/h3-4,7-9,15H,5-6H2,1-2H3. The highest BCUT2D eigenvalue weighted by Crippen LogP contribution is 2.13. The largest absolute Gasteiger partial charge is 0.385 e. The van der Waals surface area contributed by atoms with Gasteiger partial charge in [-0.25, -0.2) is 9.37 Å². The number of rotatable bonds is 4. The Morgan fingerprint density at radius 1 is 1.41 bits per heavy atom. The quantitative estimate of drug-likeness (QED) is 0.879. The van der Waals surface area contributed by atoms with Crippen molar-refractivity contribution in [3.05, 3.63) is 47.8 Å². The molecule has 0 amide bonds. The van der Waals surface area contributed by atoms with Crippen LogP contribution in [0.4, 0.5) is 10.1 Å². The van der Waals surface area contributed by atoms with Gasteiger partial charge in [0.1, 0.15) is 11.6 Å². The molecule has 2 rings (SSSR count). The molecule has 1 aromatic heterocycles. The van der Waals surface area contributed by atoms with Gasteiger partial charge in [-0.2, -0.15) is 0 Å². The summed E-state index contributed by atoms with van der Waals surface area (Å²) in [6.07, 6.45) is 4.51. The van der Waals surface area contributed by atoms with Crippen LogP contribution >= 0.6 is 0 Å². The van der Waals surface area contributed by atoms with E-state index in [1.54, 1.807) is 19.2 Å². The number of benzene rings is 1. The first kappa shape index (κ1) is 11.6. The van der Waals surface area contributed by atoms with Gasteiger partial charge in [0.2, 0.25) is 0 Å². The van der Waals surface area contributed by atoms with E-state index in [1.165, 1.54) is 6.07 Å². The van der Waals surface area contributed by atoms with Gasteiger partial charge in [-0.1, -0.05) is 6.07 Å². The first-order chi connectivity index (χ1) is 8.16. The number of hydrogen-bond acceptors (Lipinski definition) is 2. The van der Waals surface area contributed by atoms with Gasteiger partial charge in [0, 0.05) is 38.1 Å². The Balaban J connectivity index is 1.90. The summed E-state index contributed by atoms with van der Waals surface area (Å²) in [5.41, 5.74) is 1.47. The van der Waals surface area contributed by atoms with E-state index in [1.807, 2.05) is 23.9 Å². The van der Waals surface area contributed by atoms with Crippen molar-refractivity contribution < 1.29 is 4.39 Å². The van der Waals surface area contributed by atoms with Crippen LogP contribution in [0, 0.1) is 12.7 Å². The van der Waals surface area contributed by atoms with Crippen molar-refractivity contribution in [1.82, 2.24) is 9.55 Å². The molecule has 0 fully saturated rings. The Morgan fingerprint density at radius 3 is 2.88 bits per heavy atom. The number of nitrogens with zero attached hydrogens (tertiary/aromatic N) is 2. The maximum absolute atomic E-state index is 13.3. The molecule has 3 nitrogen and oxygen atoms in total. The number of imidazole rings is 1. The van der Waals surface area contributed by atoms with E-state index in [0.29, 0.717) is 5.56 Å². The van der Waals surface area contributed by atoms with E-state index in [4.69, 9.17) is 0 Å². The SMILES string of the molecule is Cc1ccc(NCCc2nccn2C)cc1F. The van der Waals surface area contributed by atoms with E-state index in [0.717, 1.165) is 24.5 Å². The lowest BCUT2D eigenvalue weighted by Gasteiger charge is -2.07. The predicted molar refractivity (Wildman–Crippen MR) is 66.5 cm³/mol. The second kappa shape index (κ2) is 4.99. The molecule has 1 aromatic carbocycles. The molecule has 17 heavy (non-hydrogen) atoms. The normalized spacial score (nSPS) is 10.5. The number of aromatic nitrogens is 2. The molecule has 1 heterocycles. The van der Waals surface area contributed by atoms with Crippen molar-refractivity contribution in [3.63, 3.8) is 0 Å². The highest BCUT2D eigenvalue weighted by atomic mass is 19.1. The molecule has 0 atom stereocenters. The number of aryl methyl sites for hydroxylation is 2. The van der Waals surface area contributed by atoms with Gasteiger partial charge >= 0.3 is 0 Å². The molecule has 0 aliphatic rings. The molecule has 0 aliphatic carbocycles. The fraction of sp³-hybridized carbons (Fsp3) is 0.308. The molecule has 0 unspecified atom stereocenters. The second-order valence-electron chi connectivity index (χ2n) is 4.10. The number of halogens is 1. The summed E-state index contributed by atoms with van der Waals surface area (Å²) in [5, 5.41) is 3.18. The minimum Gasteiger partial charge on any atom is -0.385 e. The van der Waals surface area contributed by atoms with Crippen molar-refractivity contribution >= 4 is 5.69 Å². The Kier molecular flexibility index (Phi) is 3.42. The fourth-order valence-electron chi connectivity index (χ4n) is 1.66. The second-order valence-corrected chi connectivity index (χ2v) is 4.10. The van der Waals surface area contributed by atoms with Crippen LogP contribution in [0.5, 0.6) is 0 Å². The van der Waals surface area contributed by atoms with Crippen LogP contribution in [-0.2, 0) is 13.5 Å². The maximum Gasteiger partial charge on any atom is 0.128 e. The average Bonchev–Trinajstić information content (AvgIpc) is 2.70. The van der Waals surface area contributed by atoms with E-state index in [9.17, 15) is 4.39 Å². The number of hydrogen-bond donors (Lipinski definition) is 1. The zero-order chi connectivity index (χ0) is 12.3. The van der Waals surface area contributed by atoms with Gasteiger partial charge in [0.25, 0.3) is 0 Å². The highest BCUT2D eigenvalue weighted by molar-refractivity contribution is 5.45. The molecule has 1 N–H and O–H groups in total. The van der Waals surface area contributed by atoms with Crippen LogP contribution < -0.4 is 5.32 Å². The molecular weight excluding hydrogens is 217 g/mol. The number of anilines is 1. The monoisotopic (exact) mass is 233 g/mol. The van der Waals surface area contributed by atoms with Gasteiger partial charge in [0.15, 0.2) is 0 Å². The highest BCUT2D eigenvalue weighted by Gasteiger charge is 2.01. The van der Waals surface area contributed by atoms with Crippen molar-refractivity contribution in [3.8, 4) is 0 Å². The fourth-order valence-corrected chi connectivity index (χ4v) is 1.66. The van der Waals surface area contributed by atoms with Crippen LogP contribution in [0.15, 0.2) is 30.6 Å². The van der Waals surface area contributed by atoms with E-state index >= 15 is 0 Å². The molecule has 0 bridgehead atoms. The summed E-state index contributed by atoms with van der Waals surface area (Å²) in [6.45, 7) is 2.50. The van der Waals surface area contributed by atoms with E-state index in [2.05, 4.69) is 10.3 Å². The van der Waals surface area contributed by atoms with Crippen LogP contribution in [-0.4, -0.2) is 16.1 Å². The zero-order valence-electron chi connectivity index (χ0n) is 10.1. The molecule has 4 heteroatoms. The molecule has 0 spiro atoms. The van der Waals surface area contributed by atoms with Crippen LogP contribution in [0.1, 0.15) is 11.4 Å². The Bertz CT molecular complexity index is 505. The van der Waals surface area contributed by atoms with Crippen LogP contribution in [0.2, 0.25) is 0 Å².